The summed E-state index contributed by atoms with van der Waals surface area (Å²) < 4.78 is 7.14. The van der Waals surface area contributed by atoms with Crippen molar-refractivity contribution in [2.75, 3.05) is 6.54 Å². The average Bonchev–Trinajstić information content (AvgIpc) is 3.29. The Labute approximate surface area is 148 Å². The van der Waals surface area contributed by atoms with E-state index in [-0.39, 0.29) is 11.9 Å². The number of likely N-dealkylation sites (tertiary alicyclic amines) is 1. The molecule has 0 radical (unpaired) electrons. The van der Waals surface area contributed by atoms with Crippen LogP contribution in [0.5, 0.6) is 0 Å². The summed E-state index contributed by atoms with van der Waals surface area (Å²) in [7, 11) is 1.93. The van der Waals surface area contributed by atoms with E-state index in [1.54, 1.807) is 18.4 Å². The topological polar surface area (TPSA) is 71.5 Å². The molecule has 0 spiro atoms. The van der Waals surface area contributed by atoms with E-state index in [4.69, 9.17) is 4.42 Å². The summed E-state index contributed by atoms with van der Waals surface area (Å²) in [6.45, 7) is 4.81. The van der Waals surface area contributed by atoms with E-state index in [2.05, 4.69) is 5.10 Å². The van der Waals surface area contributed by atoms with Gasteiger partial charge in [-0.2, -0.15) is 5.10 Å². The normalized spacial score (nSPS) is 18.7. The van der Waals surface area contributed by atoms with E-state index < -0.39 is 6.10 Å². The molecular formula is C19H27N3O3. The van der Waals surface area contributed by atoms with E-state index >= 15 is 0 Å². The molecule has 2 aromatic heterocycles. The standard InChI is InChI=1S/C19H27N3O3/c1-13-16(14(2)21(3)20-13)8-9-19(24)22-10-4-6-15(22)12-17(23)18-7-5-11-25-18/h5,7,11,15,17,23H,4,6,8-10,12H2,1-3H3. The summed E-state index contributed by atoms with van der Waals surface area (Å²) in [5.74, 6) is 0.734. The van der Waals surface area contributed by atoms with Crippen LogP contribution in [-0.2, 0) is 18.3 Å². The summed E-state index contributed by atoms with van der Waals surface area (Å²) in [5.41, 5.74) is 3.29. The van der Waals surface area contributed by atoms with Crippen LogP contribution in [0.25, 0.3) is 0 Å². The van der Waals surface area contributed by atoms with Gasteiger partial charge in [0.25, 0.3) is 0 Å². The van der Waals surface area contributed by atoms with Crippen molar-refractivity contribution in [3.8, 4) is 0 Å². The summed E-state index contributed by atoms with van der Waals surface area (Å²) in [4.78, 5) is 14.7. The van der Waals surface area contributed by atoms with Crippen molar-refractivity contribution in [2.45, 2.75) is 58.1 Å². The fraction of sp³-hybridized carbons (Fsp3) is 0.579. The molecule has 1 aliphatic heterocycles. The Bertz CT molecular complexity index is 721. The number of aliphatic hydroxyl groups is 1. The van der Waals surface area contributed by atoms with Gasteiger partial charge in [-0.05, 0) is 50.8 Å². The van der Waals surface area contributed by atoms with Gasteiger partial charge in [0.05, 0.1) is 12.0 Å². The zero-order valence-corrected chi connectivity index (χ0v) is 15.2. The first-order chi connectivity index (χ1) is 12.0. The van der Waals surface area contributed by atoms with Crippen LogP contribution in [0.2, 0.25) is 0 Å². The Morgan fingerprint density at radius 1 is 1.48 bits per heavy atom. The largest absolute Gasteiger partial charge is 0.467 e. The minimum absolute atomic E-state index is 0.0868. The molecule has 6 nitrogen and oxygen atoms in total. The lowest BCUT2D eigenvalue weighted by Gasteiger charge is -2.26. The molecule has 0 bridgehead atoms. The van der Waals surface area contributed by atoms with E-state index in [0.717, 1.165) is 30.8 Å². The first-order valence-electron chi connectivity index (χ1n) is 8.97. The van der Waals surface area contributed by atoms with Crippen molar-refractivity contribution in [1.82, 2.24) is 14.7 Å². The number of rotatable bonds is 6. The molecule has 136 valence electrons. The number of nitrogens with zero attached hydrogens (tertiary/aromatic N) is 3. The van der Waals surface area contributed by atoms with Crippen LogP contribution in [0.1, 0.15) is 54.5 Å². The highest BCUT2D eigenvalue weighted by Gasteiger charge is 2.31. The van der Waals surface area contributed by atoms with E-state index in [0.29, 0.717) is 25.0 Å². The van der Waals surface area contributed by atoms with Crippen molar-refractivity contribution in [2.24, 2.45) is 7.05 Å². The quantitative estimate of drug-likeness (QED) is 0.874. The number of aryl methyl sites for hydroxylation is 2. The zero-order valence-electron chi connectivity index (χ0n) is 15.2. The first-order valence-corrected chi connectivity index (χ1v) is 8.97. The molecule has 6 heteroatoms. The van der Waals surface area contributed by atoms with Gasteiger partial charge in [-0.3, -0.25) is 9.48 Å². The van der Waals surface area contributed by atoms with Crippen LogP contribution in [0.15, 0.2) is 22.8 Å². The lowest BCUT2D eigenvalue weighted by Crippen LogP contribution is -2.36. The fourth-order valence-electron chi connectivity index (χ4n) is 3.82. The molecule has 1 fully saturated rings. The van der Waals surface area contributed by atoms with Crippen molar-refractivity contribution in [3.63, 3.8) is 0 Å². The third-order valence-electron chi connectivity index (χ3n) is 5.31. The van der Waals surface area contributed by atoms with E-state index in [1.807, 2.05) is 30.5 Å². The highest BCUT2D eigenvalue weighted by molar-refractivity contribution is 5.77. The second kappa shape index (κ2) is 7.44. The van der Waals surface area contributed by atoms with Crippen molar-refractivity contribution in [1.29, 1.82) is 0 Å². The molecule has 1 saturated heterocycles. The number of amides is 1. The molecular weight excluding hydrogens is 318 g/mol. The van der Waals surface area contributed by atoms with E-state index in [9.17, 15) is 9.90 Å². The lowest BCUT2D eigenvalue weighted by molar-refractivity contribution is -0.132. The Kier molecular flexibility index (Phi) is 5.27. The van der Waals surface area contributed by atoms with Crippen LogP contribution in [0.3, 0.4) is 0 Å². The maximum Gasteiger partial charge on any atom is 0.223 e. The van der Waals surface area contributed by atoms with Crippen LogP contribution in [0.4, 0.5) is 0 Å². The Hall–Kier alpha value is -2.08. The van der Waals surface area contributed by atoms with Gasteiger partial charge in [-0.15, -0.1) is 0 Å². The molecule has 25 heavy (non-hydrogen) atoms. The maximum atomic E-state index is 12.7. The number of carbonyl (C=O) groups excluding carboxylic acids is 1. The predicted molar refractivity (Wildman–Crippen MR) is 94.0 cm³/mol. The molecule has 0 aromatic carbocycles. The molecule has 1 aliphatic rings. The van der Waals surface area contributed by atoms with Gasteiger partial charge in [0.15, 0.2) is 0 Å². The average molecular weight is 345 g/mol. The molecule has 0 saturated carbocycles. The molecule has 1 amide bonds. The number of hydrogen-bond donors (Lipinski definition) is 1. The van der Waals surface area contributed by atoms with Crippen molar-refractivity contribution in [3.05, 3.63) is 41.1 Å². The van der Waals surface area contributed by atoms with Gasteiger partial charge in [0, 0.05) is 38.2 Å². The predicted octanol–water partition coefficient (Wildman–Crippen LogP) is 2.68. The fourth-order valence-corrected chi connectivity index (χ4v) is 3.82. The van der Waals surface area contributed by atoms with E-state index in [1.165, 1.54) is 5.56 Å². The van der Waals surface area contributed by atoms with Crippen molar-refractivity contribution >= 4 is 5.91 Å². The number of carbonyl (C=O) groups is 1. The Morgan fingerprint density at radius 3 is 2.92 bits per heavy atom. The molecule has 2 unspecified atom stereocenters. The summed E-state index contributed by atoms with van der Waals surface area (Å²) in [6, 6.07) is 3.64. The number of aromatic nitrogens is 2. The Morgan fingerprint density at radius 2 is 2.28 bits per heavy atom. The lowest BCUT2D eigenvalue weighted by atomic mass is 10.0. The third-order valence-corrected chi connectivity index (χ3v) is 5.31. The number of furan rings is 1. The highest BCUT2D eigenvalue weighted by atomic mass is 16.4. The van der Waals surface area contributed by atoms with Gasteiger partial charge in [0.2, 0.25) is 5.91 Å². The first kappa shape index (κ1) is 17.7. The maximum absolute atomic E-state index is 12.7. The highest BCUT2D eigenvalue weighted by Crippen LogP contribution is 2.28. The van der Waals surface area contributed by atoms with Gasteiger partial charge in [-0.25, -0.2) is 0 Å². The van der Waals surface area contributed by atoms with Gasteiger partial charge < -0.3 is 14.4 Å². The van der Waals surface area contributed by atoms with Crippen LogP contribution in [0, 0.1) is 13.8 Å². The SMILES string of the molecule is Cc1nn(C)c(C)c1CCC(=O)N1CCCC1CC(O)c1ccco1. The Balaban J connectivity index is 1.59. The summed E-state index contributed by atoms with van der Waals surface area (Å²) >= 11 is 0. The monoisotopic (exact) mass is 345 g/mol. The molecule has 2 atom stereocenters. The second-order valence-electron chi connectivity index (χ2n) is 6.92. The zero-order chi connectivity index (χ0) is 18.0. The summed E-state index contributed by atoms with van der Waals surface area (Å²) in [5, 5.41) is 14.7. The molecule has 2 aromatic rings. The number of aliphatic hydroxyl groups excluding tert-OH is 1. The third kappa shape index (κ3) is 3.79. The second-order valence-corrected chi connectivity index (χ2v) is 6.92. The molecule has 0 aliphatic carbocycles. The van der Waals surface area contributed by atoms with Crippen LogP contribution in [-0.4, -0.2) is 38.3 Å². The smallest absolute Gasteiger partial charge is 0.223 e. The van der Waals surface area contributed by atoms with Gasteiger partial charge >= 0.3 is 0 Å². The summed E-state index contributed by atoms with van der Waals surface area (Å²) in [6.07, 6.45) is 4.57. The van der Waals surface area contributed by atoms with Gasteiger partial charge in [0.1, 0.15) is 11.9 Å². The van der Waals surface area contributed by atoms with Crippen LogP contribution >= 0.6 is 0 Å². The minimum atomic E-state index is -0.656. The molecule has 3 heterocycles. The van der Waals surface area contributed by atoms with Crippen LogP contribution < -0.4 is 0 Å². The minimum Gasteiger partial charge on any atom is -0.467 e. The number of hydrogen-bond acceptors (Lipinski definition) is 4. The molecule has 3 rings (SSSR count). The van der Waals surface area contributed by atoms with Gasteiger partial charge in [-0.1, -0.05) is 0 Å². The molecule has 1 N–H and O–H groups in total. The van der Waals surface area contributed by atoms with Crippen molar-refractivity contribution < 1.29 is 14.3 Å².